The highest BCUT2D eigenvalue weighted by Gasteiger charge is 2.35. The third-order valence-corrected chi connectivity index (χ3v) is 8.09. The Morgan fingerprint density at radius 2 is 1.87 bits per heavy atom. The van der Waals surface area contributed by atoms with Crippen LogP contribution < -0.4 is 15.4 Å². The van der Waals surface area contributed by atoms with Gasteiger partial charge in [0, 0.05) is 58.8 Å². The number of aromatic nitrogens is 3. The van der Waals surface area contributed by atoms with Gasteiger partial charge in [0.1, 0.15) is 23.1 Å². The fraction of sp³-hybridized carbons (Fsp3) is 0.235. The van der Waals surface area contributed by atoms with Crippen LogP contribution in [0.1, 0.15) is 34.5 Å². The molecule has 2 atom stereocenters. The van der Waals surface area contributed by atoms with Crippen molar-refractivity contribution in [2.45, 2.75) is 38.4 Å². The first-order valence-electron chi connectivity index (χ1n) is 14.6. The summed E-state index contributed by atoms with van der Waals surface area (Å²) in [7, 11) is 1.47. The Hall–Kier alpha value is -5.16. The molecule has 0 bridgehead atoms. The number of piperidine rings is 1. The van der Waals surface area contributed by atoms with Crippen molar-refractivity contribution in [1.29, 1.82) is 0 Å². The van der Waals surface area contributed by atoms with Crippen LogP contribution in [0, 0.1) is 18.6 Å². The summed E-state index contributed by atoms with van der Waals surface area (Å²) < 4.78 is 33.8. The number of hydrogen-bond donors (Lipinski definition) is 3. The summed E-state index contributed by atoms with van der Waals surface area (Å²) in [6.45, 7) is 2.28. The number of anilines is 1. The molecule has 1 aliphatic rings. The first-order chi connectivity index (χ1) is 21.8. The summed E-state index contributed by atoms with van der Waals surface area (Å²) in [6.07, 6.45) is 2.65. The molecule has 45 heavy (non-hydrogen) atoms. The summed E-state index contributed by atoms with van der Waals surface area (Å²) in [5, 5.41) is 14.3. The van der Waals surface area contributed by atoms with E-state index in [0.717, 1.165) is 27.9 Å². The fourth-order valence-corrected chi connectivity index (χ4v) is 5.82. The van der Waals surface area contributed by atoms with Crippen LogP contribution in [-0.4, -0.2) is 57.6 Å². The maximum absolute atomic E-state index is 15.0. The van der Waals surface area contributed by atoms with Crippen LogP contribution in [-0.2, 0) is 11.3 Å². The molecule has 1 fully saturated rings. The first kappa shape index (κ1) is 29.9. The van der Waals surface area contributed by atoms with Crippen molar-refractivity contribution >= 4 is 28.4 Å². The zero-order valence-corrected chi connectivity index (χ0v) is 24.8. The molecule has 1 saturated heterocycles. The molecule has 11 heteroatoms. The first-order valence-corrected chi connectivity index (χ1v) is 14.6. The molecule has 3 N–H and O–H groups in total. The topological polar surface area (TPSA) is 112 Å². The zero-order chi connectivity index (χ0) is 31.5. The number of fused-ring (bicyclic) bond motifs is 1. The summed E-state index contributed by atoms with van der Waals surface area (Å²) in [5.74, 6) is -1.06. The van der Waals surface area contributed by atoms with Crippen molar-refractivity contribution in [3.63, 3.8) is 0 Å². The molecule has 0 unspecified atom stereocenters. The SMILES string of the molecule is COc1cccc(F)c1CN1C[C@H](NC(=O)c2ccc3[nH]nc(-c4ccnc(C)c4)c3c2)CC[C@H]1C(=O)Nc1ccc(F)cc1. The average molecular weight is 611 g/mol. The van der Waals surface area contributed by atoms with Crippen LogP contribution in [0.25, 0.3) is 22.2 Å². The Morgan fingerprint density at radius 3 is 2.64 bits per heavy atom. The molecular formula is C34H32F2N6O3. The van der Waals surface area contributed by atoms with E-state index in [2.05, 4.69) is 25.8 Å². The van der Waals surface area contributed by atoms with Crippen LogP contribution >= 0.6 is 0 Å². The highest BCUT2D eigenvalue weighted by molar-refractivity contribution is 6.01. The van der Waals surface area contributed by atoms with Crippen molar-refractivity contribution < 1.29 is 23.1 Å². The smallest absolute Gasteiger partial charge is 0.251 e. The second-order valence-corrected chi connectivity index (χ2v) is 11.1. The molecule has 0 spiro atoms. The number of benzene rings is 3. The number of amides is 2. The Kier molecular flexibility index (Phi) is 8.52. The number of nitrogens with zero attached hydrogens (tertiary/aromatic N) is 3. The number of hydrogen-bond acceptors (Lipinski definition) is 6. The third-order valence-electron chi connectivity index (χ3n) is 8.09. The second-order valence-electron chi connectivity index (χ2n) is 11.1. The van der Waals surface area contributed by atoms with E-state index in [1.807, 2.05) is 36.1 Å². The molecule has 1 aliphatic heterocycles. The number of methoxy groups -OCH3 is 1. The number of carbonyl (C=O) groups excluding carboxylic acids is 2. The van der Waals surface area contributed by atoms with Gasteiger partial charge in [0.25, 0.3) is 5.91 Å². The van der Waals surface area contributed by atoms with E-state index in [9.17, 15) is 18.4 Å². The van der Waals surface area contributed by atoms with E-state index >= 15 is 0 Å². The van der Waals surface area contributed by atoms with Crippen molar-refractivity contribution in [3.8, 4) is 17.0 Å². The minimum atomic E-state index is -0.624. The van der Waals surface area contributed by atoms with Gasteiger partial charge in [-0.25, -0.2) is 8.78 Å². The Morgan fingerprint density at radius 1 is 1.04 bits per heavy atom. The third kappa shape index (κ3) is 6.53. The molecule has 0 aliphatic carbocycles. The summed E-state index contributed by atoms with van der Waals surface area (Å²) >= 11 is 0. The lowest BCUT2D eigenvalue weighted by molar-refractivity contribution is -0.123. The molecule has 3 heterocycles. The van der Waals surface area contributed by atoms with Crippen LogP contribution in [0.2, 0.25) is 0 Å². The van der Waals surface area contributed by atoms with E-state index < -0.39 is 17.7 Å². The van der Waals surface area contributed by atoms with E-state index in [1.54, 1.807) is 24.4 Å². The monoisotopic (exact) mass is 610 g/mol. The Labute approximate surface area is 258 Å². The second kappa shape index (κ2) is 12.8. The zero-order valence-electron chi connectivity index (χ0n) is 24.8. The van der Waals surface area contributed by atoms with E-state index in [0.29, 0.717) is 42.0 Å². The minimum absolute atomic E-state index is 0.0827. The normalized spacial score (nSPS) is 16.8. The quantitative estimate of drug-likeness (QED) is 0.210. The number of likely N-dealkylation sites (tertiary alicyclic amines) is 1. The van der Waals surface area contributed by atoms with Gasteiger partial charge in [0.15, 0.2) is 0 Å². The number of carbonyl (C=O) groups is 2. The number of nitrogens with one attached hydrogen (secondary N) is 3. The Balaban J connectivity index is 1.22. The number of H-pyrrole nitrogens is 1. The van der Waals surface area contributed by atoms with Gasteiger partial charge in [-0.3, -0.25) is 24.6 Å². The van der Waals surface area contributed by atoms with Gasteiger partial charge < -0.3 is 15.4 Å². The van der Waals surface area contributed by atoms with Crippen LogP contribution in [0.5, 0.6) is 5.75 Å². The predicted octanol–water partition coefficient (Wildman–Crippen LogP) is 5.62. The molecule has 0 radical (unpaired) electrons. The number of aryl methyl sites for hydroxylation is 1. The van der Waals surface area contributed by atoms with Crippen LogP contribution in [0.4, 0.5) is 14.5 Å². The molecular weight excluding hydrogens is 578 g/mol. The van der Waals surface area contributed by atoms with Crippen molar-refractivity contribution in [3.05, 3.63) is 107 Å². The Bertz CT molecular complexity index is 1860. The van der Waals surface area contributed by atoms with Gasteiger partial charge in [-0.15, -0.1) is 0 Å². The highest BCUT2D eigenvalue weighted by atomic mass is 19.1. The highest BCUT2D eigenvalue weighted by Crippen LogP contribution is 2.29. The van der Waals surface area contributed by atoms with Crippen LogP contribution in [0.3, 0.4) is 0 Å². The number of rotatable bonds is 8. The largest absolute Gasteiger partial charge is 0.496 e. The molecule has 6 rings (SSSR count). The maximum atomic E-state index is 15.0. The van der Waals surface area contributed by atoms with E-state index in [4.69, 9.17) is 4.74 Å². The molecule has 2 amide bonds. The minimum Gasteiger partial charge on any atom is -0.496 e. The van der Waals surface area contributed by atoms with E-state index in [-0.39, 0.29) is 24.4 Å². The standard InChI is InChI=1S/C34H32F2N6O3/c1-20-16-21(14-15-37-20)32-26-17-22(6-12-29(26)40-41-32)33(43)39-25-11-13-30(34(44)38-24-9-7-23(35)8-10-24)42(18-25)19-27-28(36)4-3-5-31(27)45-2/h3-10,12,14-17,25,30H,11,13,18-19H2,1-2H3,(H,38,44)(H,39,43)(H,40,41)/t25-,30+/m1/s1. The maximum Gasteiger partial charge on any atom is 0.251 e. The molecule has 2 aromatic heterocycles. The van der Waals surface area contributed by atoms with Gasteiger partial charge in [0.2, 0.25) is 5.91 Å². The molecule has 230 valence electrons. The molecule has 3 aromatic carbocycles. The number of ether oxygens (including phenoxy) is 1. The lowest BCUT2D eigenvalue weighted by atomic mass is 9.95. The number of halogens is 2. The van der Waals surface area contributed by atoms with Crippen LogP contribution in [0.15, 0.2) is 79.0 Å². The lowest BCUT2D eigenvalue weighted by Gasteiger charge is -2.39. The van der Waals surface area contributed by atoms with Gasteiger partial charge in [-0.1, -0.05) is 6.07 Å². The summed E-state index contributed by atoms with van der Waals surface area (Å²) in [5.41, 5.74) is 4.51. The van der Waals surface area contributed by atoms with Gasteiger partial charge in [-0.2, -0.15) is 5.10 Å². The average Bonchev–Trinajstić information content (AvgIpc) is 3.47. The fourth-order valence-electron chi connectivity index (χ4n) is 5.82. The van der Waals surface area contributed by atoms with Crippen molar-refractivity contribution in [2.24, 2.45) is 0 Å². The van der Waals surface area contributed by atoms with Gasteiger partial charge >= 0.3 is 0 Å². The lowest BCUT2D eigenvalue weighted by Crippen LogP contribution is -2.55. The van der Waals surface area contributed by atoms with Crippen molar-refractivity contribution in [2.75, 3.05) is 19.0 Å². The molecule has 0 saturated carbocycles. The number of pyridine rings is 1. The van der Waals surface area contributed by atoms with E-state index in [1.165, 1.54) is 37.4 Å². The van der Waals surface area contributed by atoms with Gasteiger partial charge in [-0.05, 0) is 86.5 Å². The summed E-state index contributed by atoms with van der Waals surface area (Å²) in [4.78, 5) is 33.1. The van der Waals surface area contributed by atoms with Crippen molar-refractivity contribution in [1.82, 2.24) is 25.4 Å². The molecule has 5 aromatic rings. The number of aromatic amines is 1. The van der Waals surface area contributed by atoms with Gasteiger partial charge in [0.05, 0.1) is 18.7 Å². The molecule has 9 nitrogen and oxygen atoms in total. The summed E-state index contributed by atoms with van der Waals surface area (Å²) in [6, 6.07) is 18.3. The predicted molar refractivity (Wildman–Crippen MR) is 167 cm³/mol.